The van der Waals surface area contributed by atoms with E-state index in [2.05, 4.69) is 0 Å². The molecule has 0 spiro atoms. The molecule has 0 radical (unpaired) electrons. The number of aryl methyl sites for hydroxylation is 1. The Balaban J connectivity index is 2.36. The number of aliphatic hydroxyl groups excluding tert-OH is 1. The van der Waals surface area contributed by atoms with Crippen LogP contribution in [-0.4, -0.2) is 20.6 Å². The van der Waals surface area contributed by atoms with Gasteiger partial charge in [0.25, 0.3) is 0 Å². The van der Waals surface area contributed by atoms with Gasteiger partial charge in [-0.1, -0.05) is 43.2 Å². The monoisotopic (exact) mass is 366 g/mol. The quantitative estimate of drug-likeness (QED) is 0.729. The summed E-state index contributed by atoms with van der Waals surface area (Å²) in [5, 5.41) is 10.9. The minimum Gasteiger partial charge on any atom is -0.497 e. The fraction of sp³-hybridized carbons (Fsp3) is 0.368. The molecular weight excluding hydrogens is 344 g/mol. The predicted octanol–water partition coefficient (Wildman–Crippen LogP) is 4.58. The number of alkyl halides is 1. The summed E-state index contributed by atoms with van der Waals surface area (Å²) < 4.78 is 17.0. The average molecular weight is 367 g/mol. The Morgan fingerprint density at radius 1 is 1.17 bits per heavy atom. The lowest BCUT2D eigenvalue weighted by Gasteiger charge is -2.31. The number of benzene rings is 2. The van der Waals surface area contributed by atoms with E-state index in [1.54, 1.807) is 43.5 Å². The Kier molecular flexibility index (Phi) is 6.44. The van der Waals surface area contributed by atoms with Crippen molar-refractivity contribution in [3.63, 3.8) is 0 Å². The van der Waals surface area contributed by atoms with Crippen LogP contribution in [0.15, 0.2) is 53.4 Å². The third-order valence-corrected chi connectivity index (χ3v) is 6.53. The molecule has 2 rings (SSSR count). The Labute approximate surface area is 151 Å². The molecule has 0 heterocycles. The fourth-order valence-electron chi connectivity index (χ4n) is 2.56. The van der Waals surface area contributed by atoms with Crippen LogP contribution in [0, 0.1) is 6.92 Å². The molecule has 0 fully saturated rings. The van der Waals surface area contributed by atoms with E-state index >= 15 is 0 Å². The van der Waals surface area contributed by atoms with E-state index in [0.29, 0.717) is 29.1 Å². The van der Waals surface area contributed by atoms with Crippen molar-refractivity contribution in [1.29, 1.82) is 0 Å². The SMILES string of the molecule is CCCC(Cl)(C(O)c1ccc(OC)cc1)S(=O)c1ccc(C)cc1. The van der Waals surface area contributed by atoms with Crippen molar-refractivity contribution in [2.45, 2.75) is 41.9 Å². The molecule has 0 aromatic heterocycles. The molecule has 0 saturated carbocycles. The van der Waals surface area contributed by atoms with Crippen LogP contribution in [0.2, 0.25) is 0 Å². The third kappa shape index (κ3) is 4.00. The molecule has 24 heavy (non-hydrogen) atoms. The van der Waals surface area contributed by atoms with Crippen molar-refractivity contribution in [3.05, 3.63) is 59.7 Å². The maximum Gasteiger partial charge on any atom is 0.154 e. The van der Waals surface area contributed by atoms with Gasteiger partial charge >= 0.3 is 0 Å². The summed E-state index contributed by atoms with van der Waals surface area (Å²) in [7, 11) is 0.0357. The zero-order valence-electron chi connectivity index (χ0n) is 14.2. The second-order valence-corrected chi connectivity index (χ2v) is 8.43. The van der Waals surface area contributed by atoms with Gasteiger partial charge in [-0.25, -0.2) is 0 Å². The second-order valence-electron chi connectivity index (χ2n) is 5.79. The van der Waals surface area contributed by atoms with Gasteiger partial charge < -0.3 is 9.84 Å². The number of rotatable bonds is 7. The highest BCUT2D eigenvalue weighted by Gasteiger charge is 2.42. The van der Waals surface area contributed by atoms with E-state index in [-0.39, 0.29) is 0 Å². The Bertz CT molecular complexity index is 685. The molecule has 3 unspecified atom stereocenters. The van der Waals surface area contributed by atoms with Crippen LogP contribution in [-0.2, 0) is 10.8 Å². The largest absolute Gasteiger partial charge is 0.497 e. The number of hydrogen-bond acceptors (Lipinski definition) is 3. The van der Waals surface area contributed by atoms with Crippen molar-refractivity contribution < 1.29 is 14.1 Å². The Morgan fingerprint density at radius 2 is 1.75 bits per heavy atom. The van der Waals surface area contributed by atoms with Crippen LogP contribution < -0.4 is 4.74 Å². The van der Waals surface area contributed by atoms with Crippen LogP contribution in [0.1, 0.15) is 37.0 Å². The van der Waals surface area contributed by atoms with Gasteiger partial charge in [0.2, 0.25) is 0 Å². The van der Waals surface area contributed by atoms with Gasteiger partial charge in [-0.3, -0.25) is 4.21 Å². The maximum absolute atomic E-state index is 13.1. The highest BCUT2D eigenvalue weighted by Crippen LogP contribution is 2.42. The summed E-state index contributed by atoms with van der Waals surface area (Å²) in [5.74, 6) is 0.696. The Hall–Kier alpha value is -1.36. The molecule has 0 aliphatic heterocycles. The number of aliphatic hydroxyl groups is 1. The molecule has 0 aliphatic rings. The molecule has 2 aromatic rings. The minimum atomic E-state index is -1.55. The summed E-state index contributed by atoms with van der Waals surface area (Å²) in [6, 6.07) is 14.4. The van der Waals surface area contributed by atoms with Crippen molar-refractivity contribution >= 4 is 22.4 Å². The van der Waals surface area contributed by atoms with Gasteiger partial charge in [0.1, 0.15) is 11.9 Å². The second kappa shape index (κ2) is 8.15. The van der Waals surface area contributed by atoms with Gasteiger partial charge in [0.15, 0.2) is 4.21 Å². The lowest BCUT2D eigenvalue weighted by molar-refractivity contribution is 0.154. The van der Waals surface area contributed by atoms with Gasteiger partial charge in [0.05, 0.1) is 17.9 Å². The first-order valence-electron chi connectivity index (χ1n) is 7.92. The molecule has 3 nitrogen and oxygen atoms in total. The average Bonchev–Trinajstić information content (AvgIpc) is 2.61. The number of methoxy groups -OCH3 is 1. The van der Waals surface area contributed by atoms with E-state index in [0.717, 1.165) is 5.56 Å². The summed E-state index contributed by atoms with van der Waals surface area (Å²) in [4.78, 5) is 0.622. The van der Waals surface area contributed by atoms with Crippen LogP contribution >= 0.6 is 11.6 Å². The smallest absolute Gasteiger partial charge is 0.154 e. The van der Waals surface area contributed by atoms with Gasteiger partial charge in [-0.15, -0.1) is 11.6 Å². The van der Waals surface area contributed by atoms with Crippen molar-refractivity contribution in [3.8, 4) is 5.75 Å². The molecule has 0 saturated heterocycles. The van der Waals surface area contributed by atoms with E-state index in [9.17, 15) is 9.32 Å². The van der Waals surface area contributed by atoms with Crippen LogP contribution in [0.5, 0.6) is 5.75 Å². The predicted molar refractivity (Wildman–Crippen MR) is 99.0 cm³/mol. The normalized spacial score (nSPS) is 16.2. The number of halogens is 1. The van der Waals surface area contributed by atoms with Crippen molar-refractivity contribution in [1.82, 2.24) is 0 Å². The molecule has 130 valence electrons. The first-order chi connectivity index (χ1) is 11.4. The van der Waals surface area contributed by atoms with E-state index < -0.39 is 21.1 Å². The molecular formula is C19H23ClO3S. The maximum atomic E-state index is 13.1. The molecule has 0 amide bonds. The third-order valence-electron chi connectivity index (χ3n) is 3.97. The zero-order chi connectivity index (χ0) is 17.7. The zero-order valence-corrected chi connectivity index (χ0v) is 15.7. The van der Waals surface area contributed by atoms with E-state index in [1.807, 2.05) is 26.0 Å². The summed E-state index contributed by atoms with van der Waals surface area (Å²) >= 11 is 6.74. The van der Waals surface area contributed by atoms with E-state index in [4.69, 9.17) is 16.3 Å². The Morgan fingerprint density at radius 3 is 2.25 bits per heavy atom. The van der Waals surface area contributed by atoms with Crippen molar-refractivity contribution in [2.75, 3.05) is 7.11 Å². The van der Waals surface area contributed by atoms with Crippen molar-refractivity contribution in [2.24, 2.45) is 0 Å². The topological polar surface area (TPSA) is 46.5 Å². The number of hydrogen-bond donors (Lipinski definition) is 1. The fourth-order valence-corrected chi connectivity index (χ4v) is 4.65. The molecule has 3 atom stereocenters. The molecule has 5 heteroatoms. The molecule has 2 aromatic carbocycles. The first-order valence-corrected chi connectivity index (χ1v) is 9.44. The highest BCUT2D eigenvalue weighted by molar-refractivity contribution is 7.88. The van der Waals surface area contributed by atoms with Gasteiger partial charge in [-0.2, -0.15) is 0 Å². The van der Waals surface area contributed by atoms with Gasteiger partial charge in [-0.05, 0) is 43.2 Å². The highest BCUT2D eigenvalue weighted by atomic mass is 35.5. The summed E-state index contributed by atoms with van der Waals surface area (Å²) in [5.41, 5.74) is 1.71. The summed E-state index contributed by atoms with van der Waals surface area (Å²) in [6.07, 6.45) is 0.100. The van der Waals surface area contributed by atoms with Crippen LogP contribution in [0.4, 0.5) is 0 Å². The lowest BCUT2D eigenvalue weighted by Crippen LogP contribution is -2.35. The summed E-state index contributed by atoms with van der Waals surface area (Å²) in [6.45, 7) is 3.93. The van der Waals surface area contributed by atoms with Gasteiger partial charge in [0, 0.05) is 4.90 Å². The lowest BCUT2D eigenvalue weighted by atomic mass is 10.0. The molecule has 0 bridgehead atoms. The standard InChI is InChI=1S/C19H23ClO3S/c1-4-13-19(20,24(22)17-11-5-14(2)6-12-17)18(21)15-7-9-16(23-3)10-8-15/h5-12,18,21H,4,13H2,1-3H3. The minimum absolute atomic E-state index is 0.433. The molecule has 1 N–H and O–H groups in total. The first kappa shape index (κ1) is 19.0. The number of ether oxygens (including phenoxy) is 1. The van der Waals surface area contributed by atoms with Crippen LogP contribution in [0.3, 0.4) is 0 Å². The van der Waals surface area contributed by atoms with Crippen LogP contribution in [0.25, 0.3) is 0 Å². The van der Waals surface area contributed by atoms with E-state index in [1.165, 1.54) is 0 Å². The molecule has 0 aliphatic carbocycles.